The molecule has 0 saturated heterocycles. The Bertz CT molecular complexity index is 734. The van der Waals surface area contributed by atoms with Crippen molar-refractivity contribution in [3.8, 4) is 0 Å². The van der Waals surface area contributed by atoms with Gasteiger partial charge >= 0.3 is 6.03 Å². The lowest BCUT2D eigenvalue weighted by Gasteiger charge is -2.21. The molecule has 3 rings (SSSR count). The molecule has 0 fully saturated rings. The molecule has 2 aromatic rings. The van der Waals surface area contributed by atoms with E-state index in [0.29, 0.717) is 12.3 Å². The molecule has 1 aliphatic rings. The first kappa shape index (κ1) is 16.6. The van der Waals surface area contributed by atoms with Gasteiger partial charge in [-0.15, -0.1) is 0 Å². The van der Waals surface area contributed by atoms with Crippen molar-refractivity contribution in [1.82, 2.24) is 10.6 Å². The van der Waals surface area contributed by atoms with Crippen LogP contribution >= 0.6 is 0 Å². The van der Waals surface area contributed by atoms with Gasteiger partial charge in [0.05, 0.1) is 6.54 Å². The molecular weight excluding hydrogens is 304 g/mol. The minimum atomic E-state index is -1.24. The summed E-state index contributed by atoms with van der Waals surface area (Å²) >= 11 is 0. The smallest absolute Gasteiger partial charge is 0.315 e. The average molecular weight is 328 g/mol. The Morgan fingerprint density at radius 1 is 1.21 bits per heavy atom. The van der Waals surface area contributed by atoms with Gasteiger partial charge in [0.25, 0.3) is 0 Å². The first-order valence-electron chi connectivity index (χ1n) is 8.36. The average Bonchev–Trinajstić information content (AvgIpc) is 3.19. The molecule has 0 aliphatic heterocycles. The Morgan fingerprint density at radius 3 is 2.75 bits per heavy atom. The lowest BCUT2D eigenvalue weighted by molar-refractivity contribution is 0.0360. The molecule has 1 aromatic carbocycles. The molecule has 5 nitrogen and oxygen atoms in total. The Morgan fingerprint density at radius 2 is 2.00 bits per heavy atom. The summed E-state index contributed by atoms with van der Waals surface area (Å²) in [5.41, 5.74) is 2.68. The summed E-state index contributed by atoms with van der Waals surface area (Å²) in [7, 11) is 0. The number of urea groups is 1. The minimum Gasteiger partial charge on any atom is -0.463 e. The van der Waals surface area contributed by atoms with E-state index >= 15 is 0 Å². The number of aliphatic hydroxyl groups is 1. The summed E-state index contributed by atoms with van der Waals surface area (Å²) in [4.78, 5) is 12.0. The van der Waals surface area contributed by atoms with Gasteiger partial charge in [-0.2, -0.15) is 0 Å². The van der Waals surface area contributed by atoms with E-state index in [-0.39, 0.29) is 12.6 Å². The lowest BCUT2D eigenvalue weighted by Crippen LogP contribution is -2.43. The van der Waals surface area contributed by atoms with Gasteiger partial charge < -0.3 is 20.2 Å². The SMILES string of the molecule is Cc1ccc(C(C)(O)CNC(=O)NCc2ccc3c(c2)CCC3)o1. The molecule has 1 aliphatic carbocycles. The standard InChI is InChI=1S/C19H24N2O3/c1-13-6-9-17(24-13)19(2,23)12-21-18(22)20-11-14-7-8-15-4-3-5-16(15)10-14/h6-10,23H,3-5,11-12H2,1-2H3,(H2,20,21,22). The van der Waals surface area contributed by atoms with Gasteiger partial charge in [0.1, 0.15) is 17.1 Å². The van der Waals surface area contributed by atoms with Crippen molar-refractivity contribution in [1.29, 1.82) is 0 Å². The second kappa shape index (κ2) is 6.69. The largest absolute Gasteiger partial charge is 0.463 e. The number of carbonyl (C=O) groups is 1. The predicted octanol–water partition coefficient (Wildman–Crippen LogP) is 2.78. The number of hydrogen-bond acceptors (Lipinski definition) is 3. The maximum absolute atomic E-state index is 12.0. The number of furan rings is 1. The van der Waals surface area contributed by atoms with Crippen LogP contribution < -0.4 is 10.6 Å². The Kier molecular flexibility index (Phi) is 4.62. The molecule has 0 radical (unpaired) electrons. The number of carbonyl (C=O) groups excluding carboxylic acids is 1. The Labute approximate surface area is 142 Å². The number of rotatable bonds is 5. The maximum atomic E-state index is 12.0. The van der Waals surface area contributed by atoms with Crippen LogP contribution in [0.3, 0.4) is 0 Å². The van der Waals surface area contributed by atoms with Crippen LogP contribution in [0.1, 0.15) is 41.6 Å². The quantitative estimate of drug-likeness (QED) is 0.790. The van der Waals surface area contributed by atoms with Gasteiger partial charge in [-0.1, -0.05) is 18.2 Å². The Hall–Kier alpha value is -2.27. The van der Waals surface area contributed by atoms with Gasteiger partial charge in [-0.25, -0.2) is 4.79 Å². The van der Waals surface area contributed by atoms with Crippen LogP contribution in [0.25, 0.3) is 0 Å². The van der Waals surface area contributed by atoms with Crippen molar-refractivity contribution in [2.75, 3.05) is 6.54 Å². The van der Waals surface area contributed by atoms with Crippen molar-refractivity contribution < 1.29 is 14.3 Å². The fourth-order valence-electron chi connectivity index (χ4n) is 3.04. The summed E-state index contributed by atoms with van der Waals surface area (Å²) < 4.78 is 5.43. The van der Waals surface area contributed by atoms with E-state index in [1.807, 2.05) is 6.92 Å². The van der Waals surface area contributed by atoms with Gasteiger partial charge in [-0.3, -0.25) is 0 Å². The first-order chi connectivity index (χ1) is 11.4. The zero-order chi connectivity index (χ0) is 17.2. The fourth-order valence-corrected chi connectivity index (χ4v) is 3.04. The fraction of sp³-hybridized carbons (Fsp3) is 0.421. The highest BCUT2D eigenvalue weighted by atomic mass is 16.4. The second-order valence-electron chi connectivity index (χ2n) is 6.68. The topological polar surface area (TPSA) is 74.5 Å². The zero-order valence-electron chi connectivity index (χ0n) is 14.2. The Balaban J connectivity index is 1.49. The van der Waals surface area contributed by atoms with Crippen LogP contribution in [0, 0.1) is 6.92 Å². The highest BCUT2D eigenvalue weighted by Crippen LogP contribution is 2.23. The molecule has 3 N–H and O–H groups in total. The summed E-state index contributed by atoms with van der Waals surface area (Å²) in [6, 6.07) is 9.59. The molecule has 5 heteroatoms. The number of nitrogens with one attached hydrogen (secondary N) is 2. The molecule has 1 aromatic heterocycles. The van der Waals surface area contributed by atoms with Crippen LogP contribution in [0.15, 0.2) is 34.7 Å². The van der Waals surface area contributed by atoms with Gasteiger partial charge in [0.2, 0.25) is 0 Å². The number of aryl methyl sites for hydroxylation is 3. The number of benzene rings is 1. The molecule has 1 unspecified atom stereocenters. The maximum Gasteiger partial charge on any atom is 0.315 e. The highest BCUT2D eigenvalue weighted by molar-refractivity contribution is 5.73. The molecule has 1 heterocycles. The van der Waals surface area contributed by atoms with Crippen molar-refractivity contribution in [3.05, 3.63) is 58.5 Å². The van der Waals surface area contributed by atoms with Crippen LogP contribution in [0.2, 0.25) is 0 Å². The van der Waals surface area contributed by atoms with E-state index in [0.717, 1.165) is 24.2 Å². The van der Waals surface area contributed by atoms with Crippen molar-refractivity contribution in [3.63, 3.8) is 0 Å². The summed E-state index contributed by atoms with van der Waals surface area (Å²) in [5, 5.41) is 15.9. The van der Waals surface area contributed by atoms with E-state index in [4.69, 9.17) is 4.42 Å². The minimum absolute atomic E-state index is 0.0793. The van der Waals surface area contributed by atoms with Crippen molar-refractivity contribution in [2.24, 2.45) is 0 Å². The van der Waals surface area contributed by atoms with Crippen molar-refractivity contribution >= 4 is 6.03 Å². The highest BCUT2D eigenvalue weighted by Gasteiger charge is 2.27. The molecule has 0 bridgehead atoms. The second-order valence-corrected chi connectivity index (χ2v) is 6.68. The van der Waals surface area contributed by atoms with Gasteiger partial charge in [-0.05, 0) is 61.9 Å². The third-order valence-electron chi connectivity index (χ3n) is 4.48. The van der Waals surface area contributed by atoms with Gasteiger partial charge in [0.15, 0.2) is 0 Å². The predicted molar refractivity (Wildman–Crippen MR) is 91.7 cm³/mol. The number of fused-ring (bicyclic) bond motifs is 1. The molecular formula is C19H24N2O3. The van der Waals surface area contributed by atoms with Crippen LogP contribution in [0.4, 0.5) is 4.79 Å². The molecule has 0 spiro atoms. The molecule has 0 saturated carbocycles. The first-order valence-corrected chi connectivity index (χ1v) is 8.36. The molecule has 128 valence electrons. The van der Waals surface area contributed by atoms with E-state index < -0.39 is 5.60 Å². The molecule has 2 amide bonds. The normalized spacial score (nSPS) is 15.6. The molecule has 24 heavy (non-hydrogen) atoms. The number of hydrogen-bond donors (Lipinski definition) is 3. The zero-order valence-corrected chi connectivity index (χ0v) is 14.2. The van der Waals surface area contributed by atoms with E-state index in [9.17, 15) is 9.90 Å². The number of amides is 2. The van der Waals surface area contributed by atoms with Crippen molar-refractivity contribution in [2.45, 2.75) is 45.3 Å². The van der Waals surface area contributed by atoms with E-state index in [1.54, 1.807) is 19.1 Å². The third kappa shape index (κ3) is 3.79. The van der Waals surface area contributed by atoms with Crippen LogP contribution in [-0.4, -0.2) is 17.7 Å². The van der Waals surface area contributed by atoms with Crippen LogP contribution in [-0.2, 0) is 25.0 Å². The summed E-state index contributed by atoms with van der Waals surface area (Å²) in [6.45, 7) is 3.99. The van der Waals surface area contributed by atoms with E-state index in [2.05, 4.69) is 28.8 Å². The molecule has 1 atom stereocenters. The van der Waals surface area contributed by atoms with E-state index in [1.165, 1.54) is 17.5 Å². The monoisotopic (exact) mass is 328 g/mol. The van der Waals surface area contributed by atoms with Crippen LogP contribution in [0.5, 0.6) is 0 Å². The summed E-state index contributed by atoms with van der Waals surface area (Å²) in [6.07, 6.45) is 3.50. The third-order valence-corrected chi connectivity index (χ3v) is 4.48. The summed E-state index contributed by atoms with van der Waals surface area (Å²) in [5.74, 6) is 1.17. The van der Waals surface area contributed by atoms with Gasteiger partial charge in [0, 0.05) is 6.54 Å². The lowest BCUT2D eigenvalue weighted by atomic mass is 10.0.